The van der Waals surface area contributed by atoms with Gasteiger partial charge in [0.2, 0.25) is 0 Å². The Hall–Kier alpha value is -1.71. The van der Waals surface area contributed by atoms with E-state index in [0.717, 1.165) is 31.6 Å². The van der Waals surface area contributed by atoms with Crippen LogP contribution >= 0.6 is 0 Å². The van der Waals surface area contributed by atoms with Crippen LogP contribution in [0.4, 0.5) is 11.4 Å². The first-order valence-electron chi connectivity index (χ1n) is 5.05. The fourth-order valence-electron chi connectivity index (χ4n) is 1.92. The minimum absolute atomic E-state index is 0.261. The Balaban J connectivity index is 2.34. The van der Waals surface area contributed by atoms with Crippen LogP contribution in [0.3, 0.4) is 0 Å². The summed E-state index contributed by atoms with van der Waals surface area (Å²) < 4.78 is 0. The van der Waals surface area contributed by atoms with Gasteiger partial charge in [-0.2, -0.15) is 0 Å². The topological polar surface area (TPSA) is 66.6 Å². The van der Waals surface area contributed by atoms with Crippen LogP contribution in [-0.4, -0.2) is 24.2 Å². The molecule has 0 saturated carbocycles. The molecule has 0 atom stereocenters. The third kappa shape index (κ3) is 2.03. The van der Waals surface area contributed by atoms with Crippen molar-refractivity contribution in [3.05, 3.63) is 23.8 Å². The quantitative estimate of drug-likeness (QED) is 0.721. The van der Waals surface area contributed by atoms with Gasteiger partial charge in [-0.05, 0) is 31.0 Å². The molecule has 0 spiro atoms. The summed E-state index contributed by atoms with van der Waals surface area (Å²) in [5.74, 6) is -0.928. The van der Waals surface area contributed by atoms with Crippen LogP contribution in [0.15, 0.2) is 18.2 Å². The summed E-state index contributed by atoms with van der Waals surface area (Å²) in [5.41, 5.74) is 7.37. The lowest BCUT2D eigenvalue weighted by Crippen LogP contribution is -2.18. The third-order valence-electron chi connectivity index (χ3n) is 2.66. The summed E-state index contributed by atoms with van der Waals surface area (Å²) in [7, 11) is 0. The van der Waals surface area contributed by atoms with Crippen LogP contribution in [-0.2, 0) is 0 Å². The number of hydrogen-bond acceptors (Lipinski definition) is 3. The van der Waals surface area contributed by atoms with Crippen LogP contribution in [0.1, 0.15) is 23.2 Å². The number of rotatable bonds is 2. The molecule has 1 aliphatic rings. The highest BCUT2D eigenvalue weighted by molar-refractivity contribution is 5.90. The summed E-state index contributed by atoms with van der Waals surface area (Å²) in [5, 5.41) is 8.90. The van der Waals surface area contributed by atoms with E-state index in [9.17, 15) is 4.79 Å². The van der Waals surface area contributed by atoms with E-state index in [1.807, 2.05) is 6.07 Å². The zero-order chi connectivity index (χ0) is 10.8. The van der Waals surface area contributed by atoms with Crippen molar-refractivity contribution in [3.8, 4) is 0 Å². The van der Waals surface area contributed by atoms with Crippen LogP contribution in [0.25, 0.3) is 0 Å². The van der Waals surface area contributed by atoms with Crippen molar-refractivity contribution >= 4 is 17.3 Å². The lowest BCUT2D eigenvalue weighted by Gasteiger charge is -2.18. The number of aromatic carboxylic acids is 1. The first-order valence-corrected chi connectivity index (χ1v) is 5.05. The van der Waals surface area contributed by atoms with Gasteiger partial charge in [-0.1, -0.05) is 0 Å². The van der Waals surface area contributed by atoms with Crippen LogP contribution in [0, 0.1) is 0 Å². The van der Waals surface area contributed by atoms with E-state index < -0.39 is 5.97 Å². The molecule has 1 fully saturated rings. The maximum atomic E-state index is 10.8. The first kappa shape index (κ1) is 9.83. The van der Waals surface area contributed by atoms with Crippen molar-refractivity contribution in [3.63, 3.8) is 0 Å². The van der Waals surface area contributed by atoms with Gasteiger partial charge in [-0.15, -0.1) is 0 Å². The number of carboxylic acids is 1. The van der Waals surface area contributed by atoms with Gasteiger partial charge in [0, 0.05) is 24.5 Å². The van der Waals surface area contributed by atoms with Crippen molar-refractivity contribution in [1.82, 2.24) is 0 Å². The average molecular weight is 206 g/mol. The fourth-order valence-corrected chi connectivity index (χ4v) is 1.92. The largest absolute Gasteiger partial charge is 0.478 e. The highest BCUT2D eigenvalue weighted by Crippen LogP contribution is 2.24. The Morgan fingerprint density at radius 3 is 2.53 bits per heavy atom. The first-order chi connectivity index (χ1) is 7.16. The van der Waals surface area contributed by atoms with Crippen LogP contribution in [0.2, 0.25) is 0 Å². The second-order valence-corrected chi connectivity index (χ2v) is 3.81. The molecule has 1 heterocycles. The van der Waals surface area contributed by atoms with E-state index in [4.69, 9.17) is 10.8 Å². The number of carboxylic acid groups (broad SMARTS) is 1. The zero-order valence-electron chi connectivity index (χ0n) is 8.44. The zero-order valence-corrected chi connectivity index (χ0v) is 8.44. The molecule has 1 aromatic carbocycles. The molecule has 80 valence electrons. The minimum atomic E-state index is -0.928. The number of benzene rings is 1. The molecule has 3 N–H and O–H groups in total. The highest BCUT2D eigenvalue weighted by Gasteiger charge is 2.14. The molecule has 4 heteroatoms. The van der Waals surface area contributed by atoms with Gasteiger partial charge in [0.25, 0.3) is 0 Å². The normalized spacial score (nSPS) is 15.6. The number of hydrogen-bond donors (Lipinski definition) is 2. The Kier molecular flexibility index (Phi) is 2.49. The molecule has 0 bridgehead atoms. The van der Waals surface area contributed by atoms with E-state index in [1.165, 1.54) is 6.07 Å². The smallest absolute Gasteiger partial charge is 0.335 e. The van der Waals surface area contributed by atoms with Crippen LogP contribution < -0.4 is 10.6 Å². The van der Waals surface area contributed by atoms with E-state index in [2.05, 4.69) is 4.90 Å². The maximum absolute atomic E-state index is 10.8. The molecule has 1 aliphatic heterocycles. The molecule has 2 rings (SSSR count). The molecule has 0 unspecified atom stereocenters. The lowest BCUT2D eigenvalue weighted by molar-refractivity contribution is 0.0697. The molecule has 1 aromatic rings. The number of anilines is 2. The van der Waals surface area contributed by atoms with Crippen molar-refractivity contribution in [1.29, 1.82) is 0 Å². The molecule has 0 radical (unpaired) electrons. The van der Waals surface area contributed by atoms with Gasteiger partial charge in [-0.3, -0.25) is 0 Å². The van der Waals surface area contributed by atoms with Crippen LogP contribution in [0.5, 0.6) is 0 Å². The Morgan fingerprint density at radius 2 is 1.93 bits per heavy atom. The van der Waals surface area contributed by atoms with Crippen molar-refractivity contribution < 1.29 is 9.90 Å². The van der Waals surface area contributed by atoms with E-state index in [-0.39, 0.29) is 5.56 Å². The van der Waals surface area contributed by atoms with Crippen molar-refractivity contribution in [2.45, 2.75) is 12.8 Å². The molecular formula is C11H14N2O2. The monoisotopic (exact) mass is 206 g/mol. The molecule has 0 aromatic heterocycles. The third-order valence-corrected chi connectivity index (χ3v) is 2.66. The summed E-state index contributed by atoms with van der Waals surface area (Å²) in [6.45, 7) is 1.98. The molecule has 0 amide bonds. The number of nitrogens with zero attached hydrogens (tertiary/aromatic N) is 1. The Bertz CT molecular complexity index is 384. The van der Waals surface area contributed by atoms with Gasteiger partial charge in [0.05, 0.1) is 5.56 Å². The number of carbonyl (C=O) groups is 1. The molecule has 1 saturated heterocycles. The van der Waals surface area contributed by atoms with Crippen molar-refractivity contribution in [2.24, 2.45) is 0 Å². The summed E-state index contributed by atoms with van der Waals surface area (Å²) in [4.78, 5) is 13.0. The van der Waals surface area contributed by atoms with E-state index in [0.29, 0.717) is 5.69 Å². The Labute approximate surface area is 88.3 Å². The van der Waals surface area contributed by atoms with Gasteiger partial charge >= 0.3 is 5.97 Å². The SMILES string of the molecule is Nc1cc(C(=O)O)cc(N2CCCC2)c1. The predicted octanol–water partition coefficient (Wildman–Crippen LogP) is 1.57. The number of nitrogen functional groups attached to an aromatic ring is 1. The maximum Gasteiger partial charge on any atom is 0.335 e. The summed E-state index contributed by atoms with van der Waals surface area (Å²) in [6.07, 6.45) is 2.33. The summed E-state index contributed by atoms with van der Waals surface area (Å²) in [6, 6.07) is 5.00. The van der Waals surface area contributed by atoms with Gasteiger partial charge in [0.15, 0.2) is 0 Å². The minimum Gasteiger partial charge on any atom is -0.478 e. The fraction of sp³-hybridized carbons (Fsp3) is 0.364. The molecular weight excluding hydrogens is 192 g/mol. The van der Waals surface area contributed by atoms with E-state index in [1.54, 1.807) is 6.07 Å². The van der Waals surface area contributed by atoms with Gasteiger partial charge < -0.3 is 15.7 Å². The highest BCUT2D eigenvalue weighted by atomic mass is 16.4. The molecule has 15 heavy (non-hydrogen) atoms. The predicted molar refractivity (Wildman–Crippen MR) is 59.3 cm³/mol. The second kappa shape index (κ2) is 3.81. The van der Waals surface area contributed by atoms with Gasteiger partial charge in [-0.25, -0.2) is 4.79 Å². The number of nitrogens with two attached hydrogens (primary N) is 1. The van der Waals surface area contributed by atoms with Gasteiger partial charge in [0.1, 0.15) is 0 Å². The lowest BCUT2D eigenvalue weighted by atomic mass is 10.1. The van der Waals surface area contributed by atoms with E-state index >= 15 is 0 Å². The summed E-state index contributed by atoms with van der Waals surface area (Å²) >= 11 is 0. The standard InChI is InChI=1S/C11H14N2O2/c12-9-5-8(11(14)15)6-10(7-9)13-3-1-2-4-13/h5-7H,1-4,12H2,(H,14,15). The van der Waals surface area contributed by atoms with Crippen molar-refractivity contribution in [2.75, 3.05) is 23.7 Å². The average Bonchev–Trinajstić information content (AvgIpc) is 2.69. The second-order valence-electron chi connectivity index (χ2n) is 3.81. The molecule has 4 nitrogen and oxygen atoms in total. The molecule has 0 aliphatic carbocycles. The Morgan fingerprint density at radius 1 is 1.27 bits per heavy atom.